The first kappa shape index (κ1) is 16.1. The summed E-state index contributed by atoms with van der Waals surface area (Å²) in [7, 11) is 0. The van der Waals surface area contributed by atoms with Crippen LogP contribution in [0.2, 0.25) is 0 Å². The summed E-state index contributed by atoms with van der Waals surface area (Å²) in [5.74, 6) is 0. The predicted octanol–water partition coefficient (Wildman–Crippen LogP) is 3.88. The largest absolute Gasteiger partial charge is 0.287 e. The van der Waals surface area contributed by atoms with Gasteiger partial charge in [0.1, 0.15) is 4.83 Å². The van der Waals surface area contributed by atoms with E-state index in [1.807, 2.05) is 20.8 Å². The highest BCUT2D eigenvalue weighted by atomic mass is 32.2. The quantitative estimate of drug-likeness (QED) is 0.619. The summed E-state index contributed by atoms with van der Waals surface area (Å²) < 4.78 is 1.74. The first-order chi connectivity index (χ1) is 9.99. The minimum Gasteiger partial charge on any atom is -0.287 e. The van der Waals surface area contributed by atoms with Crippen LogP contribution in [0.3, 0.4) is 0 Å². The number of rotatable bonds is 5. The molecule has 0 unspecified atom stereocenters. The van der Waals surface area contributed by atoms with Crippen LogP contribution in [0.15, 0.2) is 9.95 Å². The van der Waals surface area contributed by atoms with Crippen LogP contribution in [0.1, 0.15) is 37.1 Å². The van der Waals surface area contributed by atoms with Crippen LogP contribution in [0.5, 0.6) is 0 Å². The second kappa shape index (κ2) is 6.63. The highest BCUT2D eigenvalue weighted by Gasteiger charge is 2.18. The fourth-order valence-corrected chi connectivity index (χ4v) is 3.99. The van der Waals surface area contributed by atoms with Crippen molar-refractivity contribution in [3.63, 3.8) is 0 Å². The molecule has 1 atom stereocenters. The zero-order valence-corrected chi connectivity index (χ0v) is 14.4. The topological polar surface area (TPSA) is 58.7 Å². The molecule has 0 amide bonds. The Labute approximate surface area is 132 Å². The molecule has 0 aliphatic carbocycles. The van der Waals surface area contributed by atoms with Crippen molar-refractivity contribution in [1.82, 2.24) is 9.55 Å². The van der Waals surface area contributed by atoms with Gasteiger partial charge < -0.3 is 0 Å². The summed E-state index contributed by atoms with van der Waals surface area (Å²) in [6, 6.07) is 2.19. The van der Waals surface area contributed by atoms with E-state index in [1.165, 1.54) is 11.8 Å². The molecule has 0 radical (unpaired) electrons. The molecule has 0 spiro atoms. The summed E-state index contributed by atoms with van der Waals surface area (Å²) in [5, 5.41) is 10.2. The van der Waals surface area contributed by atoms with E-state index in [0.717, 1.165) is 33.5 Å². The molecule has 0 fully saturated rings. The van der Waals surface area contributed by atoms with Crippen molar-refractivity contribution >= 4 is 33.3 Å². The molecule has 0 saturated heterocycles. The Morgan fingerprint density at radius 1 is 1.48 bits per heavy atom. The maximum absolute atomic E-state index is 12.8. The lowest BCUT2D eigenvalue weighted by Gasteiger charge is -2.12. The number of thioether (sulfide) groups is 1. The molecule has 2 aromatic rings. The number of hydrogen-bond acceptors (Lipinski definition) is 5. The fraction of sp³-hybridized carbons (Fsp3) is 0.533. The second-order valence-electron chi connectivity index (χ2n) is 5.06. The zero-order chi connectivity index (χ0) is 15.6. The standard InChI is InChI=1S/C15H19N3OS2/c1-5-6-7-18-14(19)12-10(3)11(4)21-13(12)17-15(18)20-9(2)8-16/h9H,5-7H2,1-4H3/t9-/m1/s1. The first-order valence-corrected chi connectivity index (χ1v) is 8.76. The lowest BCUT2D eigenvalue weighted by Crippen LogP contribution is -2.24. The molecule has 0 saturated carbocycles. The molecule has 4 nitrogen and oxygen atoms in total. The third kappa shape index (κ3) is 3.14. The van der Waals surface area contributed by atoms with E-state index in [2.05, 4.69) is 18.0 Å². The number of nitriles is 1. The Hall–Kier alpha value is -1.32. The van der Waals surface area contributed by atoms with Gasteiger partial charge in [-0.3, -0.25) is 9.36 Å². The Morgan fingerprint density at radius 3 is 2.81 bits per heavy atom. The van der Waals surface area contributed by atoms with Crippen LogP contribution in [-0.2, 0) is 6.54 Å². The molecule has 0 aliphatic heterocycles. The highest BCUT2D eigenvalue weighted by molar-refractivity contribution is 8.00. The number of aryl methyl sites for hydroxylation is 2. The van der Waals surface area contributed by atoms with Crippen molar-refractivity contribution in [2.75, 3.05) is 0 Å². The number of unbranched alkanes of at least 4 members (excludes halogenated alkanes) is 1. The van der Waals surface area contributed by atoms with Crippen molar-refractivity contribution < 1.29 is 0 Å². The zero-order valence-electron chi connectivity index (χ0n) is 12.8. The Balaban J connectivity index is 2.65. The van der Waals surface area contributed by atoms with Crippen molar-refractivity contribution in [3.8, 4) is 6.07 Å². The number of hydrogen-bond donors (Lipinski definition) is 0. The van der Waals surface area contributed by atoms with E-state index in [0.29, 0.717) is 11.7 Å². The van der Waals surface area contributed by atoms with Gasteiger partial charge in [0.2, 0.25) is 0 Å². The predicted molar refractivity (Wildman–Crippen MR) is 89.2 cm³/mol. The minimum absolute atomic E-state index is 0.0305. The normalized spacial score (nSPS) is 12.5. The van der Waals surface area contributed by atoms with E-state index in [4.69, 9.17) is 5.26 Å². The van der Waals surface area contributed by atoms with Gasteiger partial charge in [-0.05, 0) is 32.8 Å². The number of thiophene rings is 1. The molecule has 0 aliphatic rings. The van der Waals surface area contributed by atoms with Gasteiger partial charge in [-0.25, -0.2) is 4.98 Å². The van der Waals surface area contributed by atoms with Crippen LogP contribution in [0.25, 0.3) is 10.2 Å². The molecule has 0 bridgehead atoms. The molecule has 0 aromatic carbocycles. The third-order valence-electron chi connectivity index (χ3n) is 3.45. The monoisotopic (exact) mass is 321 g/mol. The van der Waals surface area contributed by atoms with Gasteiger partial charge in [0.25, 0.3) is 5.56 Å². The van der Waals surface area contributed by atoms with Gasteiger partial charge in [0, 0.05) is 11.4 Å². The van der Waals surface area contributed by atoms with E-state index in [1.54, 1.807) is 15.9 Å². The molecule has 0 N–H and O–H groups in total. The van der Waals surface area contributed by atoms with Gasteiger partial charge in [0.15, 0.2) is 5.16 Å². The summed E-state index contributed by atoms with van der Waals surface area (Å²) in [5.41, 5.74) is 1.06. The average molecular weight is 321 g/mol. The van der Waals surface area contributed by atoms with Gasteiger partial charge in [-0.15, -0.1) is 11.3 Å². The summed E-state index contributed by atoms with van der Waals surface area (Å²) in [4.78, 5) is 19.4. The molecular weight excluding hydrogens is 302 g/mol. The van der Waals surface area contributed by atoms with Gasteiger partial charge in [0.05, 0.1) is 16.7 Å². The van der Waals surface area contributed by atoms with Crippen LogP contribution in [0, 0.1) is 25.2 Å². The van der Waals surface area contributed by atoms with Crippen LogP contribution < -0.4 is 5.56 Å². The van der Waals surface area contributed by atoms with Crippen molar-refractivity contribution in [2.45, 2.75) is 57.5 Å². The Kier molecular flexibility index (Phi) is 5.07. The van der Waals surface area contributed by atoms with Crippen LogP contribution >= 0.6 is 23.1 Å². The van der Waals surface area contributed by atoms with E-state index in [-0.39, 0.29) is 10.8 Å². The maximum atomic E-state index is 12.8. The average Bonchev–Trinajstić information content (AvgIpc) is 2.73. The summed E-state index contributed by atoms with van der Waals surface area (Å²) in [6.07, 6.45) is 1.95. The molecule has 21 heavy (non-hydrogen) atoms. The van der Waals surface area contributed by atoms with Crippen molar-refractivity contribution in [2.24, 2.45) is 0 Å². The van der Waals surface area contributed by atoms with Gasteiger partial charge in [-0.1, -0.05) is 25.1 Å². The lowest BCUT2D eigenvalue weighted by molar-refractivity contribution is 0.558. The number of fused-ring (bicyclic) bond motifs is 1. The number of nitrogens with zero attached hydrogens (tertiary/aromatic N) is 3. The first-order valence-electron chi connectivity index (χ1n) is 7.06. The minimum atomic E-state index is -0.218. The smallest absolute Gasteiger partial charge is 0.263 e. The van der Waals surface area contributed by atoms with E-state index < -0.39 is 0 Å². The summed E-state index contributed by atoms with van der Waals surface area (Å²) >= 11 is 2.92. The second-order valence-corrected chi connectivity index (χ2v) is 7.57. The van der Waals surface area contributed by atoms with Crippen LogP contribution in [0.4, 0.5) is 0 Å². The molecule has 2 aromatic heterocycles. The number of aromatic nitrogens is 2. The summed E-state index contributed by atoms with van der Waals surface area (Å²) in [6.45, 7) is 8.58. The lowest BCUT2D eigenvalue weighted by atomic mass is 10.2. The third-order valence-corrected chi connectivity index (χ3v) is 5.54. The van der Waals surface area contributed by atoms with Crippen molar-refractivity contribution in [3.05, 3.63) is 20.8 Å². The SMILES string of the molecule is CCCCn1c(S[C@H](C)C#N)nc2sc(C)c(C)c2c1=O. The Bertz CT molecular complexity index is 755. The fourth-order valence-electron chi connectivity index (χ4n) is 2.10. The van der Waals surface area contributed by atoms with E-state index in [9.17, 15) is 4.79 Å². The molecule has 2 heterocycles. The van der Waals surface area contributed by atoms with E-state index >= 15 is 0 Å². The maximum Gasteiger partial charge on any atom is 0.263 e. The molecular formula is C15H19N3OS2. The van der Waals surface area contributed by atoms with Gasteiger partial charge >= 0.3 is 0 Å². The highest BCUT2D eigenvalue weighted by Crippen LogP contribution is 2.29. The van der Waals surface area contributed by atoms with Gasteiger partial charge in [-0.2, -0.15) is 5.26 Å². The van der Waals surface area contributed by atoms with Crippen molar-refractivity contribution in [1.29, 1.82) is 5.26 Å². The molecule has 112 valence electrons. The molecule has 2 rings (SSSR count). The Morgan fingerprint density at radius 2 is 2.19 bits per heavy atom. The van der Waals surface area contributed by atoms with Crippen LogP contribution in [-0.4, -0.2) is 14.8 Å². The molecule has 6 heteroatoms.